The molecule has 0 bridgehead atoms. The number of aliphatic imine (C=N–C) groups is 1. The molecule has 0 unspecified atom stereocenters. The molecule has 0 atom stereocenters. The molecule has 0 amide bonds. The van der Waals surface area contributed by atoms with E-state index in [-0.39, 0.29) is 0 Å². The number of nitrogens with one attached hydrogen (secondary N) is 2. The molecule has 0 aliphatic heterocycles. The van der Waals surface area contributed by atoms with Crippen LogP contribution in [0.25, 0.3) is 0 Å². The summed E-state index contributed by atoms with van der Waals surface area (Å²) in [4.78, 5) is 3.39. The number of hydrogen-bond donors (Lipinski definition) is 2. The van der Waals surface area contributed by atoms with Gasteiger partial charge in [-0.25, -0.2) is 10.4 Å². The third-order valence-electron chi connectivity index (χ3n) is 0.737. The largest absolute Gasteiger partial charge is 0.317 e. The van der Waals surface area contributed by atoms with Gasteiger partial charge in [0.2, 0.25) is 0 Å². The van der Waals surface area contributed by atoms with Crippen LogP contribution in [0.3, 0.4) is 0 Å². The van der Waals surface area contributed by atoms with Crippen molar-refractivity contribution in [1.29, 1.82) is 5.41 Å². The Hall–Kier alpha value is -0.660. The summed E-state index contributed by atoms with van der Waals surface area (Å²) >= 11 is 0. The van der Waals surface area contributed by atoms with Crippen LogP contribution in [0.4, 0.5) is 0 Å². The third kappa shape index (κ3) is 26.4. The number of hydrogen-bond acceptors (Lipinski definition) is 3. The van der Waals surface area contributed by atoms with Crippen molar-refractivity contribution in [2.45, 2.75) is 20.8 Å². The van der Waals surface area contributed by atoms with Crippen LogP contribution in [0.15, 0.2) is 4.99 Å². The van der Waals surface area contributed by atoms with Crippen LogP contribution in [0.1, 0.15) is 20.8 Å². The van der Waals surface area contributed by atoms with Crippen LogP contribution in [-0.2, 0) is 0 Å². The van der Waals surface area contributed by atoms with Gasteiger partial charge in [0.1, 0.15) is 0 Å². The van der Waals surface area contributed by atoms with Crippen molar-refractivity contribution in [3.05, 3.63) is 0 Å². The summed E-state index contributed by atoms with van der Waals surface area (Å²) in [5.74, 6) is 0. The molecule has 0 aromatic heterocycles. The molecular formula is C7H17N3. The van der Waals surface area contributed by atoms with Crippen LogP contribution in [0.5, 0.6) is 0 Å². The zero-order valence-corrected chi connectivity index (χ0v) is 7.07. The van der Waals surface area contributed by atoms with Gasteiger partial charge >= 0.3 is 0 Å². The van der Waals surface area contributed by atoms with E-state index < -0.39 is 0 Å². The van der Waals surface area contributed by atoms with Crippen molar-refractivity contribution < 1.29 is 0 Å². The Morgan fingerprint density at radius 2 is 1.80 bits per heavy atom. The second-order valence-corrected chi connectivity index (χ2v) is 1.54. The monoisotopic (exact) mass is 143 g/mol. The van der Waals surface area contributed by atoms with Gasteiger partial charge in [-0.1, -0.05) is 13.8 Å². The van der Waals surface area contributed by atoms with Crippen molar-refractivity contribution >= 4 is 6.01 Å². The highest BCUT2D eigenvalue weighted by molar-refractivity contribution is 5.35. The quantitative estimate of drug-likeness (QED) is 0.576. The molecule has 3 heteroatoms. The van der Waals surface area contributed by atoms with E-state index in [2.05, 4.69) is 24.2 Å². The van der Waals surface area contributed by atoms with Crippen LogP contribution in [-0.4, -0.2) is 25.6 Å². The molecular weight excluding hydrogens is 126 g/mol. The summed E-state index contributed by atoms with van der Waals surface area (Å²) in [5.41, 5.74) is 0. The van der Waals surface area contributed by atoms with E-state index in [1.807, 2.05) is 12.9 Å². The van der Waals surface area contributed by atoms with E-state index in [1.165, 1.54) is 0 Å². The van der Waals surface area contributed by atoms with Gasteiger partial charge in [0.05, 0.1) is 6.01 Å². The summed E-state index contributed by atoms with van der Waals surface area (Å²) < 4.78 is 0. The standard InChI is InChI=1S/C4H11N.C3H6N2/c1-3-5-4-2;1-2-5-3-4/h5H,3-4H2,1-2H3;4H,2H2,1H3. The summed E-state index contributed by atoms with van der Waals surface area (Å²) in [7, 11) is 0. The zero-order chi connectivity index (χ0) is 8.24. The Bertz CT molecular complexity index is 82.9. The Morgan fingerprint density at radius 1 is 1.30 bits per heavy atom. The molecule has 10 heavy (non-hydrogen) atoms. The van der Waals surface area contributed by atoms with Gasteiger partial charge in [-0.15, -0.1) is 0 Å². The summed E-state index contributed by atoms with van der Waals surface area (Å²) in [5, 5.41) is 9.30. The van der Waals surface area contributed by atoms with E-state index in [9.17, 15) is 0 Å². The van der Waals surface area contributed by atoms with E-state index in [0.717, 1.165) is 13.1 Å². The first-order chi connectivity index (χ1) is 4.83. The number of rotatable bonds is 3. The van der Waals surface area contributed by atoms with Crippen molar-refractivity contribution in [3.8, 4) is 0 Å². The highest BCUT2D eigenvalue weighted by atomic mass is 14.8. The zero-order valence-electron chi connectivity index (χ0n) is 7.07. The lowest BCUT2D eigenvalue weighted by Crippen LogP contribution is -2.09. The molecule has 0 heterocycles. The lowest BCUT2D eigenvalue weighted by atomic mass is 10.7. The maximum absolute atomic E-state index is 6.19. The summed E-state index contributed by atoms with van der Waals surface area (Å²) in [6.45, 7) is 8.92. The van der Waals surface area contributed by atoms with Gasteiger partial charge in [-0.3, -0.25) is 0 Å². The van der Waals surface area contributed by atoms with Gasteiger partial charge in [0.25, 0.3) is 0 Å². The van der Waals surface area contributed by atoms with E-state index >= 15 is 0 Å². The highest BCUT2D eigenvalue weighted by Crippen LogP contribution is 1.53. The average Bonchev–Trinajstić information content (AvgIpc) is 1.93. The fraction of sp³-hybridized carbons (Fsp3) is 0.857. The maximum atomic E-state index is 6.19. The fourth-order valence-corrected chi connectivity index (χ4v) is 0.329. The van der Waals surface area contributed by atoms with E-state index in [0.29, 0.717) is 6.54 Å². The molecule has 0 aliphatic rings. The molecule has 0 spiro atoms. The van der Waals surface area contributed by atoms with Crippen molar-refractivity contribution in [1.82, 2.24) is 5.32 Å². The minimum atomic E-state index is 0.670. The van der Waals surface area contributed by atoms with Crippen LogP contribution in [0, 0.1) is 5.41 Å². The first-order valence-electron chi connectivity index (χ1n) is 3.62. The predicted molar refractivity (Wildman–Crippen MR) is 44.9 cm³/mol. The van der Waals surface area contributed by atoms with Crippen LogP contribution >= 0.6 is 0 Å². The van der Waals surface area contributed by atoms with E-state index in [1.54, 1.807) is 0 Å². The lowest BCUT2D eigenvalue weighted by Gasteiger charge is -1.86. The maximum Gasteiger partial charge on any atom is 0.0861 e. The van der Waals surface area contributed by atoms with Gasteiger partial charge in [0, 0.05) is 6.54 Å². The molecule has 0 aromatic rings. The van der Waals surface area contributed by atoms with Gasteiger partial charge < -0.3 is 5.32 Å². The molecule has 3 nitrogen and oxygen atoms in total. The fourth-order valence-electron chi connectivity index (χ4n) is 0.329. The smallest absolute Gasteiger partial charge is 0.0861 e. The first kappa shape index (κ1) is 12.1. The molecule has 0 radical (unpaired) electrons. The lowest BCUT2D eigenvalue weighted by molar-refractivity contribution is 0.762. The Morgan fingerprint density at radius 3 is 1.80 bits per heavy atom. The second-order valence-electron chi connectivity index (χ2n) is 1.54. The minimum absolute atomic E-state index is 0.670. The average molecular weight is 143 g/mol. The van der Waals surface area contributed by atoms with Crippen LogP contribution in [0.2, 0.25) is 0 Å². The minimum Gasteiger partial charge on any atom is -0.317 e. The molecule has 0 aromatic carbocycles. The Kier molecular flexibility index (Phi) is 19.0. The van der Waals surface area contributed by atoms with Crippen LogP contribution < -0.4 is 5.32 Å². The van der Waals surface area contributed by atoms with Crippen molar-refractivity contribution in [3.63, 3.8) is 0 Å². The van der Waals surface area contributed by atoms with Gasteiger partial charge in [-0.2, -0.15) is 0 Å². The van der Waals surface area contributed by atoms with Crippen molar-refractivity contribution in [2.24, 2.45) is 4.99 Å². The normalized spacial score (nSPS) is 7.10. The third-order valence-corrected chi connectivity index (χ3v) is 0.737. The molecule has 0 aliphatic carbocycles. The molecule has 2 N–H and O–H groups in total. The van der Waals surface area contributed by atoms with Gasteiger partial charge in [0.15, 0.2) is 0 Å². The summed E-state index contributed by atoms with van der Waals surface area (Å²) in [6, 6.07) is 1.89. The number of nitrogens with zero attached hydrogens (tertiary/aromatic N) is 1. The van der Waals surface area contributed by atoms with E-state index in [4.69, 9.17) is 5.41 Å². The molecule has 0 rings (SSSR count). The Balaban J connectivity index is 0. The van der Waals surface area contributed by atoms with Gasteiger partial charge in [-0.05, 0) is 20.0 Å². The molecule has 0 saturated carbocycles. The SMILES string of the molecule is CCN=C=N.CCNCC. The van der Waals surface area contributed by atoms with Crippen molar-refractivity contribution in [2.75, 3.05) is 19.6 Å². The predicted octanol–water partition coefficient (Wildman–Crippen LogP) is 1.37. The highest BCUT2D eigenvalue weighted by Gasteiger charge is 1.62. The molecule has 0 fully saturated rings. The summed E-state index contributed by atoms with van der Waals surface area (Å²) in [6.07, 6.45) is 0. The first-order valence-corrected chi connectivity index (χ1v) is 3.62. The molecule has 60 valence electrons. The second kappa shape index (κ2) is 15.8. The Labute approximate surface area is 63.1 Å². The topological polar surface area (TPSA) is 48.2 Å². The molecule has 0 saturated heterocycles.